The molecule has 1 aliphatic rings. The number of aromatic nitrogens is 4. The van der Waals surface area contributed by atoms with Crippen LogP contribution in [0.3, 0.4) is 0 Å². The van der Waals surface area contributed by atoms with Crippen LogP contribution in [0.25, 0.3) is 0 Å². The molecule has 5 rings (SSSR count). The van der Waals surface area contributed by atoms with Crippen LogP contribution >= 0.6 is 12.2 Å². The minimum absolute atomic E-state index is 0.00530. The molecule has 0 saturated carbocycles. The van der Waals surface area contributed by atoms with Crippen LogP contribution in [-0.2, 0) is 13.1 Å². The highest BCUT2D eigenvalue weighted by molar-refractivity contribution is 7.80. The van der Waals surface area contributed by atoms with Crippen molar-refractivity contribution in [1.82, 2.24) is 29.7 Å². The summed E-state index contributed by atoms with van der Waals surface area (Å²) in [5, 5.41) is 4.25. The maximum absolute atomic E-state index is 5.79. The first kappa shape index (κ1) is 19.4. The zero-order valence-corrected chi connectivity index (χ0v) is 17.7. The highest BCUT2D eigenvalue weighted by atomic mass is 32.1. The van der Waals surface area contributed by atoms with Gasteiger partial charge in [0.25, 0.3) is 0 Å². The lowest BCUT2D eigenvalue weighted by Crippen LogP contribution is -2.30. The van der Waals surface area contributed by atoms with Gasteiger partial charge < -0.3 is 14.8 Å². The van der Waals surface area contributed by atoms with E-state index < -0.39 is 0 Å². The Balaban J connectivity index is 1.54. The Morgan fingerprint density at radius 2 is 1.65 bits per heavy atom. The van der Waals surface area contributed by atoms with Crippen LogP contribution in [-0.4, -0.2) is 29.5 Å². The molecule has 6 nitrogen and oxygen atoms in total. The zero-order chi connectivity index (χ0) is 21.0. The number of thiocarbonyl (C=S) groups is 1. The summed E-state index contributed by atoms with van der Waals surface area (Å²) >= 11 is 5.79. The summed E-state index contributed by atoms with van der Waals surface area (Å²) in [7, 11) is 0. The topological polar surface area (TPSA) is 58.9 Å². The van der Waals surface area contributed by atoms with E-state index in [1.165, 1.54) is 5.69 Å². The molecule has 0 amide bonds. The van der Waals surface area contributed by atoms with Crippen LogP contribution in [0.4, 0.5) is 0 Å². The molecule has 2 atom stereocenters. The lowest BCUT2D eigenvalue weighted by molar-refractivity contribution is 0.298. The Bertz CT molecular complexity index is 1150. The Labute approximate surface area is 186 Å². The maximum atomic E-state index is 5.79. The van der Waals surface area contributed by atoms with E-state index >= 15 is 0 Å². The van der Waals surface area contributed by atoms with E-state index in [4.69, 9.17) is 12.2 Å². The molecule has 0 radical (unpaired) electrons. The quantitative estimate of drug-likeness (QED) is 0.472. The fraction of sp³-hybridized carbons (Fsp3) is 0.167. The first-order chi connectivity index (χ1) is 15.3. The average Bonchev–Trinajstić information content (AvgIpc) is 3.40. The molecular formula is C24H22N6S. The van der Waals surface area contributed by atoms with Crippen molar-refractivity contribution in [2.45, 2.75) is 25.2 Å². The molecule has 0 spiro atoms. The summed E-state index contributed by atoms with van der Waals surface area (Å²) in [6, 6.07) is 20.3. The Kier molecular flexibility index (Phi) is 5.41. The number of nitrogens with zero attached hydrogens (tertiary/aromatic N) is 5. The van der Waals surface area contributed by atoms with E-state index in [9.17, 15) is 0 Å². The van der Waals surface area contributed by atoms with Crippen molar-refractivity contribution in [3.8, 4) is 0 Å². The van der Waals surface area contributed by atoms with E-state index in [0.717, 1.165) is 22.1 Å². The number of hydrogen-bond acceptors (Lipinski definition) is 4. The maximum Gasteiger partial charge on any atom is 0.170 e. The molecule has 154 valence electrons. The second-order valence-electron chi connectivity index (χ2n) is 7.49. The second kappa shape index (κ2) is 8.65. The van der Waals surface area contributed by atoms with E-state index in [-0.39, 0.29) is 12.1 Å². The van der Waals surface area contributed by atoms with Gasteiger partial charge in [-0.15, -0.1) is 0 Å². The van der Waals surface area contributed by atoms with Crippen molar-refractivity contribution in [3.05, 3.63) is 114 Å². The fourth-order valence-corrected chi connectivity index (χ4v) is 4.39. The molecular weight excluding hydrogens is 404 g/mol. The van der Waals surface area contributed by atoms with Gasteiger partial charge >= 0.3 is 0 Å². The molecule has 4 aromatic rings. The van der Waals surface area contributed by atoms with Crippen LogP contribution in [0.1, 0.15) is 34.7 Å². The highest BCUT2D eigenvalue weighted by Crippen LogP contribution is 2.39. The van der Waals surface area contributed by atoms with Gasteiger partial charge in [-0.2, -0.15) is 0 Å². The SMILES string of the molecule is S=C1N[C@@H](c2ccccn2)[C@@H](c2cccn2Cc2ccccn2)N1Cc1ccncc1. The zero-order valence-electron chi connectivity index (χ0n) is 16.9. The summed E-state index contributed by atoms with van der Waals surface area (Å²) in [6.07, 6.45) is 9.39. The molecule has 0 aliphatic carbocycles. The molecule has 5 heterocycles. The minimum Gasteiger partial charge on any atom is -0.352 e. The summed E-state index contributed by atoms with van der Waals surface area (Å²) in [5.74, 6) is 0. The smallest absolute Gasteiger partial charge is 0.170 e. The van der Waals surface area contributed by atoms with Crippen LogP contribution in [0, 0.1) is 0 Å². The number of rotatable bonds is 6. The molecule has 1 saturated heterocycles. The van der Waals surface area contributed by atoms with Gasteiger partial charge in [-0.05, 0) is 66.3 Å². The van der Waals surface area contributed by atoms with Crippen molar-refractivity contribution >= 4 is 17.3 Å². The molecule has 4 aromatic heterocycles. The van der Waals surface area contributed by atoms with Gasteiger partial charge in [0.05, 0.1) is 30.0 Å². The first-order valence-electron chi connectivity index (χ1n) is 10.2. The second-order valence-corrected chi connectivity index (χ2v) is 7.88. The first-order valence-corrected chi connectivity index (χ1v) is 10.6. The third kappa shape index (κ3) is 4.04. The van der Waals surface area contributed by atoms with E-state index in [2.05, 4.69) is 54.1 Å². The molecule has 1 N–H and O–H groups in total. The van der Waals surface area contributed by atoms with Gasteiger partial charge in [-0.25, -0.2) is 0 Å². The molecule has 0 bridgehead atoms. The summed E-state index contributed by atoms with van der Waals surface area (Å²) in [4.78, 5) is 15.5. The predicted octanol–water partition coefficient (Wildman–Crippen LogP) is 3.89. The van der Waals surface area contributed by atoms with Gasteiger partial charge in [-0.3, -0.25) is 15.0 Å². The fourth-order valence-electron chi connectivity index (χ4n) is 4.09. The average molecular weight is 427 g/mol. The van der Waals surface area contributed by atoms with E-state index in [0.29, 0.717) is 13.1 Å². The van der Waals surface area contributed by atoms with Gasteiger partial charge in [0.1, 0.15) is 0 Å². The molecule has 1 fully saturated rings. The number of nitrogens with one attached hydrogen (secondary N) is 1. The van der Waals surface area contributed by atoms with Gasteiger partial charge in [-0.1, -0.05) is 12.1 Å². The monoisotopic (exact) mass is 426 g/mol. The summed E-state index contributed by atoms with van der Waals surface area (Å²) in [5.41, 5.74) is 4.32. The van der Waals surface area contributed by atoms with Crippen LogP contribution in [0.5, 0.6) is 0 Å². The summed E-state index contributed by atoms with van der Waals surface area (Å²) < 4.78 is 2.25. The summed E-state index contributed by atoms with van der Waals surface area (Å²) in [6.45, 7) is 1.39. The lowest BCUT2D eigenvalue weighted by Gasteiger charge is -2.29. The molecule has 7 heteroatoms. The molecule has 1 aliphatic heterocycles. The van der Waals surface area contributed by atoms with E-state index in [1.54, 1.807) is 0 Å². The van der Waals surface area contributed by atoms with Gasteiger partial charge in [0.2, 0.25) is 0 Å². The lowest BCUT2D eigenvalue weighted by atomic mass is 10.0. The van der Waals surface area contributed by atoms with Crippen LogP contribution in [0.2, 0.25) is 0 Å². The Morgan fingerprint density at radius 1 is 0.839 bits per heavy atom. The van der Waals surface area contributed by atoms with Crippen LogP contribution < -0.4 is 5.32 Å². The number of hydrogen-bond donors (Lipinski definition) is 1. The van der Waals surface area contributed by atoms with Gasteiger partial charge in [0.15, 0.2) is 5.11 Å². The third-order valence-corrected chi connectivity index (χ3v) is 5.88. The Morgan fingerprint density at radius 3 is 2.39 bits per heavy atom. The third-order valence-electron chi connectivity index (χ3n) is 5.53. The normalized spacial score (nSPS) is 18.2. The van der Waals surface area contributed by atoms with Crippen molar-refractivity contribution in [2.24, 2.45) is 0 Å². The largest absolute Gasteiger partial charge is 0.352 e. The predicted molar refractivity (Wildman–Crippen MR) is 123 cm³/mol. The molecule has 0 unspecified atom stereocenters. The number of pyridine rings is 3. The standard InChI is InChI=1S/C24H22N6S/c31-24-28-22(20-7-2-4-12-27-20)23(30(24)16-18-9-13-25-14-10-18)21-8-5-15-29(21)17-19-6-1-3-11-26-19/h1-15,22-23H,16-17H2,(H,28,31)/t22-,23+/m0/s1. The Hall–Kier alpha value is -3.58. The van der Waals surface area contributed by atoms with Crippen molar-refractivity contribution in [2.75, 3.05) is 0 Å². The van der Waals surface area contributed by atoms with Crippen molar-refractivity contribution < 1.29 is 0 Å². The van der Waals surface area contributed by atoms with Crippen molar-refractivity contribution in [3.63, 3.8) is 0 Å². The molecule has 31 heavy (non-hydrogen) atoms. The van der Waals surface area contributed by atoms with Crippen molar-refractivity contribution in [1.29, 1.82) is 0 Å². The minimum atomic E-state index is -0.0482. The molecule has 0 aromatic carbocycles. The van der Waals surface area contributed by atoms with E-state index in [1.807, 2.05) is 67.3 Å². The van der Waals surface area contributed by atoms with Crippen LogP contribution in [0.15, 0.2) is 91.6 Å². The van der Waals surface area contributed by atoms with Gasteiger partial charge in [0, 0.05) is 43.2 Å². The highest BCUT2D eigenvalue weighted by Gasteiger charge is 2.41.